The quantitative estimate of drug-likeness (QED) is 0.693. The normalized spacial score (nSPS) is 10.8. The third-order valence-corrected chi connectivity index (χ3v) is 4.32. The average molecular weight is 356 g/mol. The number of benzene rings is 2. The highest BCUT2D eigenvalue weighted by Gasteiger charge is 2.11. The van der Waals surface area contributed by atoms with Crippen LogP contribution in [0.2, 0.25) is 5.02 Å². The number of hydrogen-bond acceptors (Lipinski definition) is 3. The van der Waals surface area contributed by atoms with Crippen molar-refractivity contribution in [1.82, 2.24) is 5.32 Å². The van der Waals surface area contributed by atoms with Gasteiger partial charge in [0, 0.05) is 18.0 Å². The van der Waals surface area contributed by atoms with Gasteiger partial charge in [-0.15, -0.1) is 0 Å². The maximum atomic E-state index is 12.3. The summed E-state index contributed by atoms with van der Waals surface area (Å²) in [5.41, 5.74) is 2.39. The molecular weight excluding hydrogens is 338 g/mol. The van der Waals surface area contributed by atoms with Crippen molar-refractivity contribution in [2.24, 2.45) is 0 Å². The van der Waals surface area contributed by atoms with Crippen molar-refractivity contribution >= 4 is 28.5 Å². The lowest BCUT2D eigenvalue weighted by Crippen LogP contribution is -2.23. The van der Waals surface area contributed by atoms with Crippen molar-refractivity contribution < 1.29 is 9.21 Å². The highest BCUT2D eigenvalue weighted by Crippen LogP contribution is 2.20. The molecule has 0 aliphatic heterocycles. The molecule has 0 unspecified atom stereocenters. The monoisotopic (exact) mass is 355 g/mol. The van der Waals surface area contributed by atoms with Crippen molar-refractivity contribution in [3.8, 4) is 0 Å². The molecule has 1 amide bonds. The van der Waals surface area contributed by atoms with E-state index in [4.69, 9.17) is 16.0 Å². The summed E-state index contributed by atoms with van der Waals surface area (Å²) in [6.45, 7) is 2.34. The van der Waals surface area contributed by atoms with E-state index in [1.54, 1.807) is 30.3 Å². The summed E-state index contributed by atoms with van der Waals surface area (Å²) in [6, 6.07) is 14.1. The van der Waals surface area contributed by atoms with Crippen molar-refractivity contribution in [3.05, 3.63) is 80.7 Å². The standard InChI is InChI=1S/C20H18ClNO3/c1-2-5-13-8-9-18-16(10-13)14(11-19(23)25-18)12-22-20(24)15-6-3-4-7-17(15)21/h3-4,6-11H,2,5,12H2,1H3,(H,22,24). The number of carbonyl (C=O) groups is 1. The summed E-state index contributed by atoms with van der Waals surface area (Å²) in [4.78, 5) is 24.1. The van der Waals surface area contributed by atoms with Crippen LogP contribution in [0.25, 0.3) is 11.0 Å². The zero-order chi connectivity index (χ0) is 17.8. The zero-order valence-corrected chi connectivity index (χ0v) is 14.6. The number of rotatable bonds is 5. The topological polar surface area (TPSA) is 59.3 Å². The molecule has 3 rings (SSSR count). The number of nitrogens with one attached hydrogen (secondary N) is 1. The molecule has 0 spiro atoms. The Bertz CT molecular complexity index is 978. The molecule has 5 heteroatoms. The molecule has 1 aromatic heterocycles. The molecule has 25 heavy (non-hydrogen) atoms. The Hall–Kier alpha value is -2.59. The maximum absolute atomic E-state index is 12.3. The minimum Gasteiger partial charge on any atom is -0.423 e. The van der Waals surface area contributed by atoms with Gasteiger partial charge >= 0.3 is 5.63 Å². The van der Waals surface area contributed by atoms with Gasteiger partial charge in [0.2, 0.25) is 0 Å². The summed E-state index contributed by atoms with van der Waals surface area (Å²) >= 11 is 6.05. The second kappa shape index (κ2) is 7.53. The van der Waals surface area contributed by atoms with Crippen molar-refractivity contribution in [3.63, 3.8) is 0 Å². The number of aryl methyl sites for hydroxylation is 1. The van der Waals surface area contributed by atoms with Gasteiger partial charge < -0.3 is 9.73 Å². The summed E-state index contributed by atoms with van der Waals surface area (Å²) in [6.07, 6.45) is 1.97. The van der Waals surface area contributed by atoms with Gasteiger partial charge in [-0.25, -0.2) is 4.79 Å². The van der Waals surface area contributed by atoms with E-state index >= 15 is 0 Å². The van der Waals surface area contributed by atoms with Crippen LogP contribution in [0.1, 0.15) is 34.8 Å². The lowest BCUT2D eigenvalue weighted by atomic mass is 10.0. The molecule has 4 nitrogen and oxygen atoms in total. The average Bonchev–Trinajstić information content (AvgIpc) is 2.60. The second-order valence-electron chi connectivity index (χ2n) is 5.83. The van der Waals surface area contributed by atoms with Crippen molar-refractivity contribution in [1.29, 1.82) is 0 Å². The number of halogens is 1. The first-order valence-corrected chi connectivity index (χ1v) is 8.54. The fourth-order valence-electron chi connectivity index (χ4n) is 2.78. The minimum atomic E-state index is -0.433. The first kappa shape index (κ1) is 17.2. The molecule has 0 bridgehead atoms. The summed E-state index contributed by atoms with van der Waals surface area (Å²) in [7, 11) is 0. The van der Waals surface area contributed by atoms with Gasteiger partial charge in [0.15, 0.2) is 0 Å². The lowest BCUT2D eigenvalue weighted by Gasteiger charge is -2.09. The van der Waals surface area contributed by atoms with Crippen LogP contribution in [-0.4, -0.2) is 5.91 Å². The van der Waals surface area contributed by atoms with E-state index in [9.17, 15) is 9.59 Å². The van der Waals surface area contributed by atoms with Gasteiger partial charge in [-0.3, -0.25) is 4.79 Å². The number of hydrogen-bond donors (Lipinski definition) is 1. The van der Waals surface area contributed by atoms with Crippen LogP contribution < -0.4 is 10.9 Å². The van der Waals surface area contributed by atoms with Crippen LogP contribution in [0.5, 0.6) is 0 Å². The second-order valence-corrected chi connectivity index (χ2v) is 6.24. The third kappa shape index (κ3) is 3.91. The van der Waals surface area contributed by atoms with E-state index in [1.165, 1.54) is 11.6 Å². The van der Waals surface area contributed by atoms with E-state index in [1.807, 2.05) is 12.1 Å². The molecular formula is C20H18ClNO3. The van der Waals surface area contributed by atoms with Crippen molar-refractivity contribution in [2.45, 2.75) is 26.3 Å². The highest BCUT2D eigenvalue weighted by atomic mass is 35.5. The predicted molar refractivity (Wildman–Crippen MR) is 99.1 cm³/mol. The Balaban J connectivity index is 1.90. The molecule has 0 fully saturated rings. The molecule has 0 saturated heterocycles. The smallest absolute Gasteiger partial charge is 0.336 e. The molecule has 1 N–H and O–H groups in total. The molecule has 0 aliphatic carbocycles. The van der Waals surface area contributed by atoms with Gasteiger partial charge in [0.1, 0.15) is 5.58 Å². The Labute approximate surface area is 150 Å². The Morgan fingerprint density at radius 1 is 1.16 bits per heavy atom. The third-order valence-electron chi connectivity index (χ3n) is 3.99. The Kier molecular flexibility index (Phi) is 5.19. The molecule has 128 valence electrons. The van der Waals surface area contributed by atoms with Crippen LogP contribution in [0, 0.1) is 0 Å². The van der Waals surface area contributed by atoms with E-state index in [2.05, 4.69) is 12.2 Å². The molecule has 0 atom stereocenters. The van der Waals surface area contributed by atoms with Gasteiger partial charge in [-0.1, -0.05) is 43.1 Å². The summed E-state index contributed by atoms with van der Waals surface area (Å²) < 4.78 is 5.26. The van der Waals surface area contributed by atoms with E-state index in [0.29, 0.717) is 16.2 Å². The van der Waals surface area contributed by atoms with Crippen molar-refractivity contribution in [2.75, 3.05) is 0 Å². The fourth-order valence-corrected chi connectivity index (χ4v) is 3.00. The van der Waals surface area contributed by atoms with Crippen LogP contribution in [0.15, 0.2) is 57.7 Å². The SMILES string of the molecule is CCCc1ccc2oc(=O)cc(CNC(=O)c3ccccc3Cl)c2c1. The zero-order valence-electron chi connectivity index (χ0n) is 13.8. The van der Waals surface area contributed by atoms with E-state index in [0.717, 1.165) is 23.8 Å². The predicted octanol–water partition coefficient (Wildman–Crippen LogP) is 4.33. The number of fused-ring (bicyclic) bond motifs is 1. The Morgan fingerprint density at radius 2 is 1.96 bits per heavy atom. The van der Waals surface area contributed by atoms with Gasteiger partial charge in [-0.05, 0) is 41.8 Å². The molecule has 3 aromatic rings. The van der Waals surface area contributed by atoms with Crippen LogP contribution in [0.3, 0.4) is 0 Å². The Morgan fingerprint density at radius 3 is 2.72 bits per heavy atom. The van der Waals surface area contributed by atoms with Gasteiger partial charge in [-0.2, -0.15) is 0 Å². The first-order chi connectivity index (χ1) is 12.1. The maximum Gasteiger partial charge on any atom is 0.336 e. The molecule has 2 aromatic carbocycles. The minimum absolute atomic E-state index is 0.224. The van der Waals surface area contributed by atoms with Gasteiger partial charge in [0.25, 0.3) is 5.91 Å². The molecule has 0 radical (unpaired) electrons. The summed E-state index contributed by atoms with van der Waals surface area (Å²) in [5, 5.41) is 4.05. The number of carbonyl (C=O) groups excluding carboxylic acids is 1. The van der Waals surface area contributed by atoms with Crippen LogP contribution in [0.4, 0.5) is 0 Å². The van der Waals surface area contributed by atoms with E-state index in [-0.39, 0.29) is 12.5 Å². The van der Waals surface area contributed by atoms with Crippen LogP contribution >= 0.6 is 11.6 Å². The highest BCUT2D eigenvalue weighted by molar-refractivity contribution is 6.33. The number of amides is 1. The summed E-state index contributed by atoms with van der Waals surface area (Å²) in [5.74, 6) is -0.281. The largest absolute Gasteiger partial charge is 0.423 e. The van der Waals surface area contributed by atoms with Gasteiger partial charge in [0.05, 0.1) is 10.6 Å². The van der Waals surface area contributed by atoms with Crippen LogP contribution in [-0.2, 0) is 13.0 Å². The van der Waals surface area contributed by atoms with E-state index < -0.39 is 5.63 Å². The lowest BCUT2D eigenvalue weighted by molar-refractivity contribution is 0.0951. The first-order valence-electron chi connectivity index (χ1n) is 8.17. The molecule has 0 saturated carbocycles. The molecule has 1 heterocycles. The fraction of sp³-hybridized carbons (Fsp3) is 0.200. The molecule has 0 aliphatic rings.